The smallest absolute Gasteiger partial charge is 0.335 e. The highest BCUT2D eigenvalue weighted by molar-refractivity contribution is 8.14. The molecule has 44 heteroatoms. The van der Waals surface area contributed by atoms with Crippen LogP contribution in [0.1, 0.15) is 85.0 Å². The van der Waals surface area contributed by atoms with Gasteiger partial charge in [0.1, 0.15) is 0 Å². The number of nitrogens with one attached hydrogen (secondary N) is 1. The van der Waals surface area contributed by atoms with Crippen molar-refractivity contribution in [2.75, 3.05) is 234 Å². The molecule has 106 heavy (non-hydrogen) atoms. The topological polar surface area (TPSA) is 528 Å². The predicted molar refractivity (Wildman–Crippen MR) is 380 cm³/mol. The number of carbonyl (C=O) groups is 13. The first kappa shape index (κ1) is 105. The van der Waals surface area contributed by atoms with Crippen molar-refractivity contribution in [2.45, 2.75) is 85.0 Å². The Morgan fingerprint density at radius 2 is 0.557 bits per heavy atom. The average molecular weight is 1610 g/mol. The number of hydrogen-bond acceptors (Lipinski definition) is 39. The van der Waals surface area contributed by atoms with Crippen LogP contribution in [0.4, 0.5) is 0 Å². The van der Waals surface area contributed by atoms with Crippen LogP contribution in [0, 0.1) is 0 Å². The summed E-state index contributed by atoms with van der Waals surface area (Å²) in [6, 6.07) is 0. The quantitative estimate of drug-likeness (QED) is 0.00743. The highest BCUT2D eigenvalue weighted by Gasteiger charge is 2.34. The van der Waals surface area contributed by atoms with Crippen LogP contribution in [0.15, 0.2) is 0 Å². The summed E-state index contributed by atoms with van der Waals surface area (Å²) < 4.78 is 84.0. The van der Waals surface area contributed by atoms with Gasteiger partial charge in [-0.05, 0) is 0 Å². The number of amides is 7. The Bertz CT molecular complexity index is 2190. The first-order valence-corrected chi connectivity index (χ1v) is 37.2. The van der Waals surface area contributed by atoms with E-state index in [9.17, 15) is 62.3 Å². The molecule has 3 saturated heterocycles. The maximum Gasteiger partial charge on any atom is 0.335 e. The molecule has 0 bridgehead atoms. The zero-order chi connectivity index (χ0) is 79.3. The molecule has 9 N–H and O–H groups in total. The largest absolute Gasteiger partial charge is 0.481 e. The third-order valence-electron chi connectivity index (χ3n) is 11.7. The van der Waals surface area contributed by atoms with E-state index in [1.54, 1.807) is 0 Å². The highest BCUT2D eigenvalue weighted by atomic mass is 32.2. The van der Waals surface area contributed by atoms with Gasteiger partial charge in [-0.1, -0.05) is 35.3 Å². The second-order valence-corrected chi connectivity index (χ2v) is 24.5. The molecule has 0 aromatic rings. The lowest BCUT2D eigenvalue weighted by Gasteiger charge is -2.12. The zero-order valence-corrected chi connectivity index (χ0v) is 64.2. The minimum absolute atomic E-state index is 0.00797. The van der Waals surface area contributed by atoms with Crippen LogP contribution in [0.5, 0.6) is 0 Å². The molecule has 0 saturated carbocycles. The molecular formula is C62H111N7O33S4. The van der Waals surface area contributed by atoms with E-state index < -0.39 is 53.4 Å². The summed E-state index contributed by atoms with van der Waals surface area (Å²) in [5, 5.41) is 18.2. The van der Waals surface area contributed by atoms with E-state index in [1.165, 1.54) is 56.1 Å². The summed E-state index contributed by atoms with van der Waals surface area (Å²) in [4.78, 5) is 151. The number of hydrogen-bond donors (Lipinski definition) is 7. The second kappa shape index (κ2) is 79.5. The number of thiol groups is 1. The maximum absolute atomic E-state index is 11.5. The van der Waals surface area contributed by atoms with Crippen LogP contribution >= 0.6 is 47.9 Å². The van der Waals surface area contributed by atoms with Crippen LogP contribution in [0.2, 0.25) is 0 Å². The van der Waals surface area contributed by atoms with Crippen molar-refractivity contribution in [3.8, 4) is 0 Å². The number of rotatable bonds is 61. The van der Waals surface area contributed by atoms with Crippen molar-refractivity contribution in [1.82, 2.24) is 20.6 Å². The van der Waals surface area contributed by atoms with Crippen molar-refractivity contribution < 1.29 is 158 Å². The Labute approximate surface area is 635 Å². The third kappa shape index (κ3) is 74.4. The Kier molecular flexibility index (Phi) is 78.8. The van der Waals surface area contributed by atoms with Gasteiger partial charge in [-0.25, -0.2) is 15.4 Å². The fourth-order valence-electron chi connectivity index (χ4n) is 6.73. The van der Waals surface area contributed by atoms with Gasteiger partial charge in [-0.2, -0.15) is 17.7 Å². The lowest BCUT2D eigenvalue weighted by molar-refractivity contribution is -0.198. The number of carbonyl (C=O) groups excluding carboxylic acids is 12. The van der Waals surface area contributed by atoms with Crippen LogP contribution in [0.3, 0.4) is 0 Å². The van der Waals surface area contributed by atoms with Crippen molar-refractivity contribution in [3.63, 3.8) is 0 Å². The van der Waals surface area contributed by atoms with E-state index in [1.807, 2.05) is 5.43 Å². The van der Waals surface area contributed by atoms with E-state index in [0.717, 1.165) is 5.75 Å². The number of carboxylic acid groups (broad SMARTS) is 1. The Balaban J connectivity index is -0.00000129. The van der Waals surface area contributed by atoms with E-state index in [-0.39, 0.29) is 110 Å². The molecule has 616 valence electrons. The first-order valence-electron chi connectivity index (χ1n) is 33.6. The normalized spacial score (nSPS) is 13.0. The number of ether oxygens (including phenoxy) is 16. The minimum Gasteiger partial charge on any atom is -0.481 e. The predicted octanol–water partition coefficient (Wildman–Crippen LogP) is -0.827. The standard InChI is InChI=1S/2C17H27NO9S.C13H24O7S.C11H24N2O5S.C4H5NO3.H4N2/c2*1-14(19)28-13-12-26-11-10-25-9-8-24-7-6-23-5-4-17(22)27-18-15(20)2-3-16(18)21;1-12(14)21-11-10-20-9-8-19-7-6-18-5-4-17-3-2-13(15)16;12-13-11(14)1-2-15-3-4-16-5-6-17-7-8-18-9-10-19;6-3-1-2-4(7)5(3)8;1-2/h2*2-13H2,1H3;2-11H2,1H3,(H,15,16);19H,1-10,12H2,(H,13,14);8H,1-2H2;1-2H2. The molecule has 0 aromatic heterocycles. The van der Waals surface area contributed by atoms with Gasteiger partial charge in [0.05, 0.1) is 237 Å². The fraction of sp³-hybridized carbons (Fsp3) is 0.790. The van der Waals surface area contributed by atoms with E-state index in [0.29, 0.717) is 219 Å². The van der Waals surface area contributed by atoms with Crippen LogP contribution in [0.25, 0.3) is 0 Å². The summed E-state index contributed by atoms with van der Waals surface area (Å²) in [6.45, 7) is 18.1. The SMILES string of the molecule is CC(=O)SCCOCCOCCOCCOCCC(=O)O.CC(=O)SCCOCCOCCOCCOCCC(=O)ON1C(=O)CCC1=O.CC(=O)SCCOCCOCCOCCOCCC(=O)ON1C(=O)CCC1=O.NN.NNC(=O)CCOCCOCCOCCOCCS.O=C1CCC(=O)N1O. The number of carboxylic acids is 1. The molecule has 0 aliphatic carbocycles. The molecule has 3 aliphatic heterocycles. The van der Waals surface area contributed by atoms with Gasteiger partial charge >= 0.3 is 17.9 Å². The molecule has 0 spiro atoms. The maximum atomic E-state index is 11.5. The zero-order valence-electron chi connectivity index (χ0n) is 60.8. The molecule has 40 nitrogen and oxygen atoms in total. The number of aliphatic carboxylic acids is 1. The molecule has 3 aliphatic rings. The van der Waals surface area contributed by atoms with Gasteiger partial charge < -0.3 is 90.6 Å². The Hall–Kier alpha value is -5.09. The lowest BCUT2D eigenvalue weighted by Crippen LogP contribution is -2.32. The van der Waals surface area contributed by atoms with E-state index in [4.69, 9.17) is 102 Å². The summed E-state index contributed by atoms with van der Waals surface area (Å²) >= 11 is 7.73. The van der Waals surface area contributed by atoms with E-state index in [2.05, 4.69) is 24.3 Å². The van der Waals surface area contributed by atoms with Gasteiger partial charge in [0, 0.05) is 82.3 Å². The van der Waals surface area contributed by atoms with Crippen molar-refractivity contribution in [1.29, 1.82) is 0 Å². The van der Waals surface area contributed by atoms with Crippen molar-refractivity contribution in [3.05, 3.63) is 0 Å². The number of imide groups is 3. The number of nitrogens with zero attached hydrogens (tertiary/aromatic N) is 3. The molecule has 0 radical (unpaired) electrons. The monoisotopic (exact) mass is 1610 g/mol. The molecule has 3 heterocycles. The first-order chi connectivity index (χ1) is 51.2. The summed E-state index contributed by atoms with van der Waals surface area (Å²) in [5.41, 5.74) is 2.03. The second-order valence-electron chi connectivity index (χ2n) is 20.2. The number of nitrogens with two attached hydrogens (primary N) is 3. The summed E-state index contributed by atoms with van der Waals surface area (Å²) in [5.74, 6) is 10.1. The number of thioether (sulfide) groups is 3. The molecular weight excluding hydrogens is 1500 g/mol. The molecule has 0 unspecified atom stereocenters. The molecule has 0 aromatic carbocycles. The summed E-state index contributed by atoms with van der Waals surface area (Å²) in [7, 11) is 0. The Morgan fingerprint density at radius 3 is 0.764 bits per heavy atom. The Morgan fingerprint density at radius 1 is 0.349 bits per heavy atom. The van der Waals surface area contributed by atoms with Crippen molar-refractivity contribution >= 4 is 123 Å². The van der Waals surface area contributed by atoms with Crippen LogP contribution in [-0.2, 0) is 148 Å². The molecule has 3 fully saturated rings. The van der Waals surface area contributed by atoms with Crippen LogP contribution < -0.4 is 23.0 Å². The third-order valence-corrected chi connectivity index (χ3v) is 14.2. The molecule has 0 atom stereocenters. The van der Waals surface area contributed by atoms with Gasteiger partial charge in [-0.15, -0.1) is 10.1 Å². The van der Waals surface area contributed by atoms with Gasteiger partial charge in [0.2, 0.25) is 5.91 Å². The van der Waals surface area contributed by atoms with Gasteiger partial charge in [0.15, 0.2) is 15.3 Å². The average Bonchev–Trinajstić information content (AvgIpc) is 1.74. The highest BCUT2D eigenvalue weighted by Crippen LogP contribution is 2.14. The minimum atomic E-state index is -0.869. The lowest BCUT2D eigenvalue weighted by atomic mass is 10.4. The fourth-order valence-corrected chi connectivity index (χ4v) is 8.32. The number of hydroxylamine groups is 6. The van der Waals surface area contributed by atoms with Gasteiger partial charge in [-0.3, -0.25) is 75.1 Å². The number of hydrazine groups is 2. The van der Waals surface area contributed by atoms with Crippen LogP contribution in [-0.4, -0.2) is 335 Å². The van der Waals surface area contributed by atoms with E-state index >= 15 is 0 Å². The molecule has 7 amide bonds. The summed E-state index contributed by atoms with van der Waals surface area (Å²) in [6.07, 6.45) is 0.697. The molecule has 3 rings (SSSR count). The van der Waals surface area contributed by atoms with Gasteiger partial charge in [0.25, 0.3) is 35.4 Å². The van der Waals surface area contributed by atoms with Crippen molar-refractivity contribution in [2.24, 2.45) is 17.5 Å².